The lowest BCUT2D eigenvalue weighted by Gasteiger charge is -2.12. The highest BCUT2D eigenvalue weighted by Gasteiger charge is 2.31. The van der Waals surface area contributed by atoms with Gasteiger partial charge in [0.25, 0.3) is 0 Å². The van der Waals surface area contributed by atoms with Crippen LogP contribution in [0.5, 0.6) is 0 Å². The van der Waals surface area contributed by atoms with E-state index >= 15 is 0 Å². The molecule has 0 aliphatic rings. The summed E-state index contributed by atoms with van der Waals surface area (Å²) < 4.78 is 75.3. The molecule has 1 heterocycles. The molecule has 192 valence electrons. The topological polar surface area (TPSA) is 142 Å². The highest BCUT2D eigenvalue weighted by molar-refractivity contribution is 7.89. The van der Waals surface area contributed by atoms with Gasteiger partial charge in [-0.1, -0.05) is 12.1 Å². The van der Waals surface area contributed by atoms with Crippen molar-refractivity contribution < 1.29 is 30.8 Å². The monoisotopic (exact) mass is 534 g/mol. The minimum Gasteiger partial charge on any atom is -0.341 e. The molecule has 0 bridgehead atoms. The molecule has 0 unspecified atom stereocenters. The lowest BCUT2D eigenvalue weighted by Crippen LogP contribution is -2.20. The maximum absolute atomic E-state index is 13.9. The van der Waals surface area contributed by atoms with E-state index in [1.54, 1.807) is 24.3 Å². The second-order valence-electron chi connectivity index (χ2n) is 7.71. The molecule has 0 saturated carbocycles. The van der Waals surface area contributed by atoms with Gasteiger partial charge in [-0.15, -0.1) is 0 Å². The second-order valence-corrected chi connectivity index (χ2v) is 9.27. The number of carbonyl (C=O) groups excluding carboxylic acids is 1. The SMILES string of the molecule is NS(=O)(=O)c1ccc(Nc2cc(-c3cccc(NC(=O)Nc4cc(C(F)(F)F)ccc4F)c3)n[nH]2)cc1. The summed E-state index contributed by atoms with van der Waals surface area (Å²) in [5, 5.41) is 19.6. The van der Waals surface area contributed by atoms with E-state index in [1.165, 1.54) is 30.3 Å². The molecule has 0 saturated heterocycles. The van der Waals surface area contributed by atoms with Crippen molar-refractivity contribution in [2.45, 2.75) is 11.1 Å². The first-order chi connectivity index (χ1) is 17.4. The van der Waals surface area contributed by atoms with Gasteiger partial charge in [0.05, 0.1) is 21.8 Å². The van der Waals surface area contributed by atoms with Crippen LogP contribution in [0.4, 0.5) is 45.2 Å². The number of hydrogen-bond acceptors (Lipinski definition) is 5. The number of amides is 2. The van der Waals surface area contributed by atoms with E-state index < -0.39 is 39.3 Å². The molecule has 0 radical (unpaired) electrons. The average Bonchev–Trinajstić information content (AvgIpc) is 3.28. The normalized spacial score (nSPS) is 11.7. The number of urea groups is 1. The van der Waals surface area contributed by atoms with Gasteiger partial charge in [0.1, 0.15) is 11.6 Å². The van der Waals surface area contributed by atoms with E-state index in [4.69, 9.17) is 5.14 Å². The van der Waals surface area contributed by atoms with E-state index in [9.17, 15) is 30.8 Å². The van der Waals surface area contributed by atoms with Gasteiger partial charge in [-0.3, -0.25) is 5.10 Å². The largest absolute Gasteiger partial charge is 0.416 e. The smallest absolute Gasteiger partial charge is 0.341 e. The zero-order chi connectivity index (χ0) is 26.8. The Morgan fingerprint density at radius 1 is 0.919 bits per heavy atom. The number of aromatic nitrogens is 2. The molecule has 9 nitrogen and oxygen atoms in total. The van der Waals surface area contributed by atoms with Gasteiger partial charge >= 0.3 is 12.2 Å². The number of nitrogens with zero attached hydrogens (tertiary/aromatic N) is 1. The van der Waals surface area contributed by atoms with Crippen LogP contribution in [0.2, 0.25) is 0 Å². The molecule has 0 fully saturated rings. The van der Waals surface area contributed by atoms with Crippen molar-refractivity contribution in [3.8, 4) is 11.3 Å². The van der Waals surface area contributed by atoms with Crippen molar-refractivity contribution >= 4 is 38.9 Å². The maximum Gasteiger partial charge on any atom is 0.416 e. The Bertz CT molecular complexity index is 1550. The quantitative estimate of drug-likeness (QED) is 0.214. The van der Waals surface area contributed by atoms with Crippen molar-refractivity contribution in [1.29, 1.82) is 0 Å². The Balaban J connectivity index is 1.44. The number of halogens is 4. The molecule has 0 aliphatic heterocycles. The van der Waals surface area contributed by atoms with Crippen molar-refractivity contribution in [2.75, 3.05) is 16.0 Å². The molecule has 2 amide bonds. The number of carbonyl (C=O) groups is 1. The summed E-state index contributed by atoms with van der Waals surface area (Å²) in [7, 11) is -3.81. The van der Waals surface area contributed by atoms with Crippen molar-refractivity contribution in [3.05, 3.63) is 84.2 Å². The summed E-state index contributed by atoms with van der Waals surface area (Å²) >= 11 is 0. The standard InChI is InChI=1S/C23H18F4N6O3S/c24-18-9-4-14(23(25,26)27)11-20(18)31-22(34)30-16-3-1-2-13(10-16)19-12-21(33-32-19)29-15-5-7-17(8-6-15)37(28,35)36/h1-12H,(H2,28,35,36)(H2,29,32,33)(H2,30,31,34). The first-order valence-corrected chi connectivity index (χ1v) is 11.9. The molecular formula is C23H18F4N6O3S. The number of rotatable bonds is 6. The zero-order valence-corrected chi connectivity index (χ0v) is 19.4. The Morgan fingerprint density at radius 3 is 2.32 bits per heavy atom. The van der Waals surface area contributed by atoms with Crippen molar-refractivity contribution in [2.24, 2.45) is 5.14 Å². The number of nitrogens with two attached hydrogens (primary N) is 1. The van der Waals surface area contributed by atoms with E-state index in [0.717, 1.165) is 0 Å². The third kappa shape index (κ3) is 6.42. The van der Waals surface area contributed by atoms with E-state index in [-0.39, 0.29) is 10.6 Å². The van der Waals surface area contributed by atoms with Crippen LogP contribution < -0.4 is 21.1 Å². The Labute approximate surface area is 207 Å². The van der Waals surface area contributed by atoms with Crippen LogP contribution in [0, 0.1) is 5.82 Å². The Morgan fingerprint density at radius 2 is 1.65 bits per heavy atom. The first kappa shape index (κ1) is 25.7. The third-order valence-electron chi connectivity index (χ3n) is 5.00. The molecular weight excluding hydrogens is 516 g/mol. The number of nitrogens with one attached hydrogen (secondary N) is 4. The number of anilines is 4. The average molecular weight is 534 g/mol. The first-order valence-electron chi connectivity index (χ1n) is 10.4. The Kier molecular flexibility index (Phi) is 6.87. The van der Waals surface area contributed by atoms with Crippen LogP contribution in [0.25, 0.3) is 11.3 Å². The predicted octanol–water partition coefficient (Wildman–Crippen LogP) is 5.27. The van der Waals surface area contributed by atoms with Crippen LogP contribution in [0.3, 0.4) is 0 Å². The van der Waals surface area contributed by atoms with Gasteiger partial charge in [-0.05, 0) is 54.6 Å². The van der Waals surface area contributed by atoms with Crippen LogP contribution in [-0.4, -0.2) is 24.6 Å². The maximum atomic E-state index is 13.9. The molecule has 14 heteroatoms. The molecule has 6 N–H and O–H groups in total. The van der Waals surface area contributed by atoms with Gasteiger partial charge in [0.2, 0.25) is 10.0 Å². The number of hydrogen-bond donors (Lipinski definition) is 5. The van der Waals surface area contributed by atoms with Gasteiger partial charge in [-0.25, -0.2) is 22.7 Å². The van der Waals surface area contributed by atoms with Crippen LogP contribution in [-0.2, 0) is 16.2 Å². The third-order valence-corrected chi connectivity index (χ3v) is 5.93. The number of aromatic amines is 1. The second kappa shape index (κ2) is 9.91. The molecule has 37 heavy (non-hydrogen) atoms. The van der Waals surface area contributed by atoms with E-state index in [1.807, 2.05) is 0 Å². The molecule has 0 aliphatic carbocycles. The van der Waals surface area contributed by atoms with E-state index in [2.05, 4.69) is 26.1 Å². The lowest BCUT2D eigenvalue weighted by atomic mass is 10.1. The summed E-state index contributed by atoms with van der Waals surface area (Å²) in [6.45, 7) is 0. The highest BCUT2D eigenvalue weighted by Crippen LogP contribution is 2.32. The summed E-state index contributed by atoms with van der Waals surface area (Å²) in [5.74, 6) is -0.540. The predicted molar refractivity (Wildman–Crippen MR) is 129 cm³/mol. The van der Waals surface area contributed by atoms with Gasteiger partial charge in [0, 0.05) is 23.0 Å². The van der Waals surface area contributed by atoms with Gasteiger partial charge in [-0.2, -0.15) is 18.3 Å². The number of alkyl halides is 3. The number of benzene rings is 3. The molecule has 3 aromatic carbocycles. The lowest BCUT2D eigenvalue weighted by molar-refractivity contribution is -0.137. The number of primary sulfonamides is 1. The van der Waals surface area contributed by atoms with Crippen LogP contribution in [0.15, 0.2) is 77.7 Å². The number of H-pyrrole nitrogens is 1. The van der Waals surface area contributed by atoms with Crippen LogP contribution >= 0.6 is 0 Å². The fourth-order valence-electron chi connectivity index (χ4n) is 3.26. The molecule has 1 aromatic heterocycles. The molecule has 0 spiro atoms. The highest BCUT2D eigenvalue weighted by atomic mass is 32.2. The zero-order valence-electron chi connectivity index (χ0n) is 18.6. The summed E-state index contributed by atoms with van der Waals surface area (Å²) in [4.78, 5) is 12.3. The fraction of sp³-hybridized carbons (Fsp3) is 0.0435. The van der Waals surface area contributed by atoms with Crippen molar-refractivity contribution in [3.63, 3.8) is 0 Å². The van der Waals surface area contributed by atoms with Crippen LogP contribution in [0.1, 0.15) is 5.56 Å². The molecule has 4 rings (SSSR count). The fourth-order valence-corrected chi connectivity index (χ4v) is 3.77. The number of sulfonamides is 1. The minimum absolute atomic E-state index is 0.0347. The molecule has 4 aromatic rings. The van der Waals surface area contributed by atoms with E-state index in [0.29, 0.717) is 41.0 Å². The minimum atomic E-state index is -4.69. The van der Waals surface area contributed by atoms with Gasteiger partial charge < -0.3 is 16.0 Å². The Hall–Kier alpha value is -4.43. The van der Waals surface area contributed by atoms with Crippen molar-refractivity contribution in [1.82, 2.24) is 10.2 Å². The molecule has 0 atom stereocenters. The summed E-state index contributed by atoms with van der Waals surface area (Å²) in [6, 6.07) is 14.6. The van der Waals surface area contributed by atoms with Gasteiger partial charge in [0.15, 0.2) is 0 Å². The summed E-state index contributed by atoms with van der Waals surface area (Å²) in [5.41, 5.74) is 0.182. The summed E-state index contributed by atoms with van der Waals surface area (Å²) in [6.07, 6.45) is -4.69.